The summed E-state index contributed by atoms with van der Waals surface area (Å²) in [6.07, 6.45) is 3.71. The molecule has 2 nitrogen and oxygen atoms in total. The molecule has 102 valence electrons. The number of benzene rings is 1. The molecule has 18 heavy (non-hydrogen) atoms. The van der Waals surface area contributed by atoms with Crippen LogP contribution >= 0.6 is 0 Å². The van der Waals surface area contributed by atoms with Crippen molar-refractivity contribution in [1.29, 1.82) is 0 Å². The topological polar surface area (TPSA) is 21.3 Å². The van der Waals surface area contributed by atoms with E-state index in [1.807, 2.05) is 30.3 Å². The van der Waals surface area contributed by atoms with E-state index in [-0.39, 0.29) is 0 Å². The summed E-state index contributed by atoms with van der Waals surface area (Å²) < 4.78 is 5.85. The zero-order valence-electron chi connectivity index (χ0n) is 12.0. The summed E-state index contributed by atoms with van der Waals surface area (Å²) in [6, 6.07) is 10.5. The lowest BCUT2D eigenvalue weighted by molar-refractivity contribution is 0.236. The van der Waals surface area contributed by atoms with E-state index in [2.05, 4.69) is 26.1 Å². The summed E-state index contributed by atoms with van der Waals surface area (Å²) in [4.78, 5) is 0. The highest BCUT2D eigenvalue weighted by atomic mass is 16.5. The first kappa shape index (κ1) is 15.0. The molecule has 0 aliphatic carbocycles. The fraction of sp³-hybridized carbons (Fsp3) is 0.625. The third kappa shape index (κ3) is 5.54. The van der Waals surface area contributed by atoms with Gasteiger partial charge in [-0.15, -0.1) is 0 Å². The fourth-order valence-corrected chi connectivity index (χ4v) is 2.24. The van der Waals surface area contributed by atoms with Gasteiger partial charge in [0.15, 0.2) is 0 Å². The molecule has 0 aliphatic heterocycles. The Bertz CT molecular complexity index is 295. The van der Waals surface area contributed by atoms with Gasteiger partial charge in [-0.25, -0.2) is 0 Å². The van der Waals surface area contributed by atoms with Crippen LogP contribution in [-0.2, 0) is 0 Å². The van der Waals surface area contributed by atoms with Crippen molar-refractivity contribution in [2.24, 2.45) is 5.92 Å². The number of likely N-dealkylation sites (N-methyl/N-ethyl adjacent to an activating group) is 1. The second-order valence-corrected chi connectivity index (χ2v) is 4.80. The van der Waals surface area contributed by atoms with Gasteiger partial charge in [0, 0.05) is 6.04 Å². The normalized spacial score (nSPS) is 12.7. The second kappa shape index (κ2) is 8.98. The third-order valence-corrected chi connectivity index (χ3v) is 3.46. The lowest BCUT2D eigenvalue weighted by Crippen LogP contribution is -2.36. The van der Waals surface area contributed by atoms with Gasteiger partial charge in [-0.2, -0.15) is 0 Å². The van der Waals surface area contributed by atoms with Crippen molar-refractivity contribution in [3.8, 4) is 5.75 Å². The summed E-state index contributed by atoms with van der Waals surface area (Å²) in [5, 5.41) is 3.53. The van der Waals surface area contributed by atoms with E-state index >= 15 is 0 Å². The predicted molar refractivity (Wildman–Crippen MR) is 78.1 cm³/mol. The van der Waals surface area contributed by atoms with Gasteiger partial charge >= 0.3 is 0 Å². The highest BCUT2D eigenvalue weighted by Crippen LogP contribution is 2.16. The number of hydrogen-bond acceptors (Lipinski definition) is 2. The predicted octanol–water partition coefficient (Wildman–Crippen LogP) is 3.87. The third-order valence-electron chi connectivity index (χ3n) is 3.46. The summed E-state index contributed by atoms with van der Waals surface area (Å²) in [5.41, 5.74) is 0. The molecule has 2 heteroatoms. The summed E-state index contributed by atoms with van der Waals surface area (Å²) >= 11 is 0. The van der Waals surface area contributed by atoms with E-state index in [0.29, 0.717) is 6.04 Å². The molecule has 0 radical (unpaired) electrons. The van der Waals surface area contributed by atoms with Gasteiger partial charge < -0.3 is 10.1 Å². The molecule has 0 aliphatic rings. The molecule has 0 heterocycles. The lowest BCUT2D eigenvalue weighted by atomic mass is 9.95. The molecule has 0 saturated carbocycles. The molecule has 0 bridgehead atoms. The molecule has 1 N–H and O–H groups in total. The monoisotopic (exact) mass is 249 g/mol. The Balaban J connectivity index is 2.42. The molecule has 0 saturated heterocycles. The largest absolute Gasteiger partial charge is 0.492 e. The molecule has 0 spiro atoms. The van der Waals surface area contributed by atoms with Gasteiger partial charge in [-0.3, -0.25) is 0 Å². The van der Waals surface area contributed by atoms with Crippen molar-refractivity contribution in [3.63, 3.8) is 0 Å². The SMILES string of the molecule is CCNC(COc1ccccc1)CC(CC)CC. The van der Waals surface area contributed by atoms with Crippen LogP contribution in [0.5, 0.6) is 5.75 Å². The average molecular weight is 249 g/mol. The van der Waals surface area contributed by atoms with Gasteiger partial charge in [-0.1, -0.05) is 51.8 Å². The second-order valence-electron chi connectivity index (χ2n) is 4.80. The molecular weight excluding hydrogens is 222 g/mol. The van der Waals surface area contributed by atoms with Gasteiger partial charge in [0.25, 0.3) is 0 Å². The van der Waals surface area contributed by atoms with E-state index in [9.17, 15) is 0 Å². The summed E-state index contributed by atoms with van der Waals surface area (Å²) in [5.74, 6) is 1.76. The van der Waals surface area contributed by atoms with Crippen molar-refractivity contribution in [1.82, 2.24) is 5.32 Å². The van der Waals surface area contributed by atoms with Crippen LogP contribution in [0.1, 0.15) is 40.0 Å². The maximum atomic E-state index is 5.85. The van der Waals surface area contributed by atoms with E-state index in [0.717, 1.165) is 24.8 Å². The Kier molecular flexibility index (Phi) is 7.51. The summed E-state index contributed by atoms with van der Waals surface area (Å²) in [7, 11) is 0. The van der Waals surface area contributed by atoms with Crippen LogP contribution in [0.3, 0.4) is 0 Å². The quantitative estimate of drug-likeness (QED) is 0.717. The molecule has 0 fully saturated rings. The van der Waals surface area contributed by atoms with Crippen molar-refractivity contribution in [2.75, 3.05) is 13.2 Å². The van der Waals surface area contributed by atoms with Crippen molar-refractivity contribution in [3.05, 3.63) is 30.3 Å². The van der Waals surface area contributed by atoms with Crippen LogP contribution in [0.2, 0.25) is 0 Å². The van der Waals surface area contributed by atoms with E-state index in [4.69, 9.17) is 4.74 Å². The zero-order chi connectivity index (χ0) is 13.2. The number of rotatable bonds is 9. The minimum Gasteiger partial charge on any atom is -0.492 e. The highest BCUT2D eigenvalue weighted by molar-refractivity contribution is 5.20. The first-order valence-electron chi connectivity index (χ1n) is 7.21. The van der Waals surface area contributed by atoms with Crippen LogP contribution in [0.4, 0.5) is 0 Å². The molecule has 1 rings (SSSR count). The standard InChI is InChI=1S/C16H27NO/c1-4-14(5-2)12-15(17-6-3)13-18-16-10-8-7-9-11-16/h7-11,14-15,17H,4-6,12-13H2,1-3H3. The molecule has 1 aromatic carbocycles. The summed E-state index contributed by atoms with van der Waals surface area (Å²) in [6.45, 7) is 8.46. The molecular formula is C16H27NO. The van der Waals surface area contributed by atoms with Crippen molar-refractivity contribution in [2.45, 2.75) is 46.1 Å². The van der Waals surface area contributed by atoms with E-state index in [1.54, 1.807) is 0 Å². The molecule has 1 atom stereocenters. The van der Waals surface area contributed by atoms with Crippen LogP contribution in [0.15, 0.2) is 30.3 Å². The molecule has 0 amide bonds. The average Bonchev–Trinajstić information content (AvgIpc) is 2.43. The highest BCUT2D eigenvalue weighted by Gasteiger charge is 2.13. The Hall–Kier alpha value is -1.02. The zero-order valence-corrected chi connectivity index (χ0v) is 12.0. The van der Waals surface area contributed by atoms with Crippen LogP contribution in [-0.4, -0.2) is 19.2 Å². The first-order chi connectivity index (χ1) is 8.80. The van der Waals surface area contributed by atoms with Crippen molar-refractivity contribution < 1.29 is 4.74 Å². The molecule has 1 aromatic rings. The van der Waals surface area contributed by atoms with Crippen LogP contribution < -0.4 is 10.1 Å². The fourth-order valence-electron chi connectivity index (χ4n) is 2.24. The van der Waals surface area contributed by atoms with Crippen LogP contribution in [0.25, 0.3) is 0 Å². The Morgan fingerprint density at radius 2 is 1.72 bits per heavy atom. The Morgan fingerprint density at radius 3 is 2.28 bits per heavy atom. The molecule has 1 unspecified atom stereocenters. The van der Waals surface area contributed by atoms with E-state index < -0.39 is 0 Å². The van der Waals surface area contributed by atoms with Gasteiger partial charge in [0.2, 0.25) is 0 Å². The number of para-hydroxylation sites is 1. The maximum absolute atomic E-state index is 5.85. The number of ether oxygens (including phenoxy) is 1. The first-order valence-corrected chi connectivity index (χ1v) is 7.21. The Labute approximate surface area is 112 Å². The number of nitrogens with one attached hydrogen (secondary N) is 1. The van der Waals surface area contributed by atoms with Gasteiger partial charge in [-0.05, 0) is 31.0 Å². The number of hydrogen-bond donors (Lipinski definition) is 1. The van der Waals surface area contributed by atoms with E-state index in [1.165, 1.54) is 19.3 Å². The minimum absolute atomic E-state index is 0.458. The van der Waals surface area contributed by atoms with Crippen molar-refractivity contribution >= 4 is 0 Å². The minimum atomic E-state index is 0.458. The maximum Gasteiger partial charge on any atom is 0.119 e. The molecule has 0 aromatic heterocycles. The van der Waals surface area contributed by atoms with Gasteiger partial charge in [0.05, 0.1) is 0 Å². The lowest BCUT2D eigenvalue weighted by Gasteiger charge is -2.23. The van der Waals surface area contributed by atoms with Crippen LogP contribution in [0, 0.1) is 5.92 Å². The smallest absolute Gasteiger partial charge is 0.119 e. The van der Waals surface area contributed by atoms with Gasteiger partial charge in [0.1, 0.15) is 12.4 Å². The Morgan fingerprint density at radius 1 is 1.06 bits per heavy atom.